The number of rotatable bonds is 22. The first-order valence-electron chi connectivity index (χ1n) is 41.8. The van der Waals surface area contributed by atoms with E-state index < -0.39 is 97.4 Å². The fourth-order valence-electron chi connectivity index (χ4n) is 30.5. The maximum atomic E-state index is 18.2. The van der Waals surface area contributed by atoms with Crippen molar-refractivity contribution in [3.8, 4) is 0 Å². The minimum absolute atomic E-state index is 0.0141. The second-order valence-electron chi connectivity index (χ2n) is 40.2. The molecule has 19 heteroatoms. The molecule has 1 saturated carbocycles. The zero-order valence-corrected chi connectivity index (χ0v) is 64.5. The Morgan fingerprint density at radius 1 is 0.308 bits per heavy atom. The van der Waals surface area contributed by atoms with E-state index in [0.29, 0.717) is 6.42 Å². The lowest BCUT2D eigenvalue weighted by atomic mass is 9.68. The van der Waals surface area contributed by atoms with Crippen molar-refractivity contribution in [1.82, 2.24) is 19.9 Å². The Balaban J connectivity index is 0.634. The molecule has 0 atom stereocenters. The summed E-state index contributed by atoms with van der Waals surface area (Å²) < 4.78 is 32.2. The number of nitrogens with one attached hydrogen (secondary N) is 3. The van der Waals surface area contributed by atoms with Gasteiger partial charge in [0.05, 0.1) is 17.4 Å². The van der Waals surface area contributed by atoms with Gasteiger partial charge in [-0.05, 0) is 414 Å². The number of carbonyl (C=O) groups is 7. The van der Waals surface area contributed by atoms with Gasteiger partial charge < -0.3 is 29.0 Å². The van der Waals surface area contributed by atoms with Crippen LogP contribution in [-0.4, -0.2) is 85.2 Å². The molecule has 1 heterocycles. The van der Waals surface area contributed by atoms with Crippen molar-refractivity contribution in [1.29, 1.82) is 0 Å². The summed E-state index contributed by atoms with van der Waals surface area (Å²) in [6.07, 6.45) is -0.338. The SMILES string of the molecule is CC(C)(C)OC(=O)CCC(CCC(=O)OC(C)(C)C)(CCC(=O)OC(C)(C)C)NC(=O)CCCOC(=O)C1(C(=O)OC(=O)CCCCCn2c(=O)[nH]c(=O)[nH]c2=O)C23c4c5c6c7c8c9c(c%10c%11c2c2c4c4c%12c5c5c6c6c8c8c%13c9c9c%10c%10c%11c%11c2c2c4c4c%12c%12c5c5c6c8c6c8c%13c9c9c%10c%10c%11c2c2c4c4c%12c5c6c5c8c9c%10c2c45)C713. The highest BCUT2D eigenvalue weighted by Crippen LogP contribution is 2.97. The number of esters is 6. The Kier molecular flexibility index (Phi) is 8.31. The summed E-state index contributed by atoms with van der Waals surface area (Å²) in [4.78, 5) is 150. The molecule has 19 nitrogen and oxygen atoms in total. The molecule has 1 aromatic heterocycles. The van der Waals surface area contributed by atoms with Crippen molar-refractivity contribution in [2.24, 2.45) is 5.41 Å². The number of carbonyl (C=O) groups excluding carboxylic acids is 7. The van der Waals surface area contributed by atoms with Crippen LogP contribution in [0.25, 0.3) is 291 Å². The summed E-state index contributed by atoms with van der Waals surface area (Å²) in [7, 11) is 0. The Morgan fingerprint density at radius 3 is 0.821 bits per heavy atom. The average molecular weight is 1530 g/mol. The predicted molar refractivity (Wildman–Crippen MR) is 454 cm³/mol. The Hall–Kier alpha value is -12.6. The number of H-pyrrole nitrogens is 2. The second kappa shape index (κ2) is 16.2. The van der Waals surface area contributed by atoms with Crippen LogP contribution in [0.15, 0.2) is 14.4 Å². The quantitative estimate of drug-likeness (QED) is 0.0187. The second-order valence-corrected chi connectivity index (χ2v) is 40.2. The summed E-state index contributed by atoms with van der Waals surface area (Å²) >= 11 is 0. The number of nitrogens with zero attached hydrogens (tertiary/aromatic N) is 1. The largest absolute Gasteiger partial charge is 0.465 e. The van der Waals surface area contributed by atoms with Crippen molar-refractivity contribution in [3.05, 3.63) is 53.7 Å². The van der Waals surface area contributed by atoms with E-state index in [-0.39, 0.29) is 83.8 Å². The molecule has 5 aliphatic rings. The fraction of sp³-hybridized carbons (Fsp3) is 0.306. The normalized spacial score (nSPS) is 19.6. The minimum atomic E-state index is -2.34. The Bertz CT molecular complexity index is 8880. The third-order valence-electron chi connectivity index (χ3n) is 32.3. The van der Waals surface area contributed by atoms with E-state index in [1.54, 1.807) is 62.3 Å². The third-order valence-corrected chi connectivity index (χ3v) is 32.3. The first kappa shape index (κ1) is 60.0. The van der Waals surface area contributed by atoms with E-state index in [1.807, 2.05) is 0 Å². The van der Waals surface area contributed by atoms with E-state index in [4.69, 9.17) is 23.7 Å². The van der Waals surface area contributed by atoms with Gasteiger partial charge in [0.25, 0.3) is 0 Å². The zero-order valence-electron chi connectivity index (χ0n) is 64.5. The van der Waals surface area contributed by atoms with Crippen LogP contribution in [0.3, 0.4) is 0 Å². The van der Waals surface area contributed by atoms with Crippen LogP contribution in [-0.2, 0) is 74.6 Å². The molecule has 34 rings (SSSR count). The molecule has 29 aromatic rings. The number of aromatic amines is 2. The highest BCUT2D eigenvalue weighted by Gasteiger charge is 3.02. The molecule has 117 heavy (non-hydrogen) atoms. The van der Waals surface area contributed by atoms with Crippen molar-refractivity contribution in [2.45, 2.75) is 179 Å². The lowest BCUT2D eigenvalue weighted by molar-refractivity contribution is -0.172. The third kappa shape index (κ3) is 4.99. The number of ether oxygens (including phenoxy) is 5. The van der Waals surface area contributed by atoms with Crippen LogP contribution in [0.4, 0.5) is 0 Å². The molecule has 560 valence electrons. The van der Waals surface area contributed by atoms with Gasteiger partial charge in [-0.25, -0.2) is 19.0 Å². The molecule has 0 unspecified atom stereocenters. The van der Waals surface area contributed by atoms with Gasteiger partial charge in [-0.1, -0.05) is 6.42 Å². The van der Waals surface area contributed by atoms with Crippen molar-refractivity contribution in [2.75, 3.05) is 6.61 Å². The topological polar surface area (TPSA) is 265 Å². The Labute approximate surface area is 650 Å². The van der Waals surface area contributed by atoms with Crippen molar-refractivity contribution < 1.29 is 57.2 Å². The fourth-order valence-corrected chi connectivity index (χ4v) is 30.5. The van der Waals surface area contributed by atoms with Crippen LogP contribution in [0, 0.1) is 5.41 Å². The predicted octanol–water partition coefficient (Wildman–Crippen LogP) is 18.7. The van der Waals surface area contributed by atoms with Crippen molar-refractivity contribution >= 4 is 333 Å². The molecular formula is C98H58N4O15. The lowest BCUT2D eigenvalue weighted by Gasteiger charge is -2.36. The van der Waals surface area contributed by atoms with Gasteiger partial charge in [-0.3, -0.25) is 43.5 Å². The summed E-state index contributed by atoms with van der Waals surface area (Å²) in [6, 6.07) is 0. The summed E-state index contributed by atoms with van der Waals surface area (Å²) in [5.41, 5.74) is -8.15. The summed E-state index contributed by atoms with van der Waals surface area (Å²) in [5.74, 6) is -4.78. The number of aromatic nitrogens is 3. The van der Waals surface area contributed by atoms with Gasteiger partial charge in [-0.2, -0.15) is 0 Å². The van der Waals surface area contributed by atoms with Crippen LogP contribution < -0.4 is 22.4 Å². The molecule has 5 aliphatic carbocycles. The standard InChI is InChI=1S/C98H58N4O15/c1-92(2,3)115-26(105)16-19-95(20-17-27(106)116-93(4,5)6,21-18-28(107)117-94(7,8)9)101-24(103)14-13-23-113-87(108)98(88(109)114-25(104)15-11-10-12-22-102-90(111)99-89(110)100-91(102)112)96-83-75-67-57-47-39-31-29-30-33-37-35(31)43-51-45(37)55-49-41(33)42-34(30)38-36-32(29)40(39)48-54-44(36)52-46(38)56-50(42)60-59(49)69-63(55)73-65(51)71(61(67)53(43)47)79(83)81(73)85-77(69)78-70(60)64(56)74-66(52)72-62(54)68(58(48)57)76(75)84(96)80(72)82(74)86(78)97(85,96)98/h10-23H2,1-9H3,(H,101,103)(H2,99,100,110,111,112). The number of hydrogen-bond donors (Lipinski definition) is 3. The van der Waals surface area contributed by atoms with Gasteiger partial charge in [0.15, 0.2) is 5.41 Å². The molecule has 0 radical (unpaired) electrons. The average Bonchev–Trinajstić information content (AvgIpc) is 1.35. The molecule has 0 saturated heterocycles. The van der Waals surface area contributed by atoms with Gasteiger partial charge in [0.1, 0.15) is 16.8 Å². The van der Waals surface area contributed by atoms with Gasteiger partial charge in [0.2, 0.25) is 5.91 Å². The number of benzene rings is 18. The van der Waals surface area contributed by atoms with E-state index in [2.05, 4.69) is 15.3 Å². The van der Waals surface area contributed by atoms with Gasteiger partial charge >= 0.3 is 52.9 Å². The Morgan fingerprint density at radius 2 is 0.564 bits per heavy atom. The van der Waals surface area contributed by atoms with Crippen molar-refractivity contribution in [3.63, 3.8) is 0 Å². The zero-order chi connectivity index (χ0) is 77.9. The smallest absolute Gasteiger partial charge is 0.333 e. The molecule has 0 bridgehead atoms. The van der Waals surface area contributed by atoms with E-state index in [0.717, 1.165) is 69.9 Å². The summed E-state index contributed by atoms with van der Waals surface area (Å²) in [6.45, 7) is 15.5. The monoisotopic (exact) mass is 1530 g/mol. The molecule has 28 aromatic carbocycles. The van der Waals surface area contributed by atoms with Crippen LogP contribution in [0.2, 0.25) is 0 Å². The van der Waals surface area contributed by atoms with Crippen LogP contribution >= 0.6 is 0 Å². The maximum Gasteiger partial charge on any atom is 0.333 e. The minimum Gasteiger partial charge on any atom is -0.465 e. The molecular weight excluding hydrogens is 1470 g/mol. The molecule has 3 N–H and O–H groups in total. The molecule has 2 spiro atoms. The van der Waals surface area contributed by atoms with Crippen LogP contribution in [0.5, 0.6) is 0 Å². The molecule has 0 aliphatic heterocycles. The summed E-state index contributed by atoms with van der Waals surface area (Å²) in [5, 5.41) is 73.3. The first-order chi connectivity index (χ1) is 56.2. The number of amides is 1. The first-order valence-corrected chi connectivity index (χ1v) is 41.8. The van der Waals surface area contributed by atoms with Gasteiger partial charge in [0, 0.05) is 44.2 Å². The maximum absolute atomic E-state index is 18.2. The highest BCUT2D eigenvalue weighted by atomic mass is 16.6. The highest BCUT2D eigenvalue weighted by molar-refractivity contribution is 6.82. The van der Waals surface area contributed by atoms with E-state index in [1.165, 1.54) is 248 Å². The lowest BCUT2D eigenvalue weighted by Crippen LogP contribution is -2.50. The van der Waals surface area contributed by atoms with E-state index >= 15 is 19.2 Å². The van der Waals surface area contributed by atoms with Gasteiger partial charge in [-0.15, -0.1) is 0 Å². The van der Waals surface area contributed by atoms with Crippen LogP contribution in [0.1, 0.15) is 162 Å². The van der Waals surface area contributed by atoms with E-state index in [9.17, 15) is 28.8 Å². The molecule has 1 fully saturated rings. The number of unbranched alkanes of at least 4 members (excludes halogenated alkanes) is 2. The molecule has 1 amide bonds. The number of hydrogen-bond acceptors (Lipinski definition) is 15.